The Morgan fingerprint density at radius 2 is 1.63 bits per heavy atom. The predicted molar refractivity (Wildman–Crippen MR) is 155 cm³/mol. The number of benzene rings is 2. The van der Waals surface area contributed by atoms with Crippen LogP contribution in [0.1, 0.15) is 74.0 Å². The lowest BCUT2D eigenvalue weighted by Gasteiger charge is -2.36. The number of hydrogen-bond acceptors (Lipinski definition) is 7. The van der Waals surface area contributed by atoms with Gasteiger partial charge in [-0.05, 0) is 42.2 Å². The van der Waals surface area contributed by atoms with Crippen LogP contribution in [0.5, 0.6) is 0 Å². The van der Waals surface area contributed by atoms with Gasteiger partial charge in [0.25, 0.3) is 5.03 Å². The van der Waals surface area contributed by atoms with E-state index in [9.17, 15) is 19.9 Å². The molecule has 4 rings (SSSR count). The monoisotopic (exact) mass is 580 g/mol. The van der Waals surface area contributed by atoms with Crippen molar-refractivity contribution in [3.63, 3.8) is 0 Å². The quantitative estimate of drug-likeness (QED) is 0.0984. The van der Waals surface area contributed by atoms with E-state index in [-0.39, 0.29) is 31.1 Å². The summed E-state index contributed by atoms with van der Waals surface area (Å²) in [5.41, 5.74) is 3.29. The van der Waals surface area contributed by atoms with Crippen LogP contribution in [-0.4, -0.2) is 33.9 Å². The van der Waals surface area contributed by atoms with Crippen molar-refractivity contribution >= 4 is 29.3 Å². The number of rotatable bonds is 14. The molecule has 0 bridgehead atoms. The highest BCUT2D eigenvalue weighted by Crippen LogP contribution is 2.39. The molecule has 2 heterocycles. The minimum atomic E-state index is -0.791. The van der Waals surface area contributed by atoms with Gasteiger partial charge >= 0.3 is 5.97 Å². The second-order valence-electron chi connectivity index (χ2n) is 10.0. The van der Waals surface area contributed by atoms with Crippen molar-refractivity contribution in [3.8, 4) is 0 Å². The van der Waals surface area contributed by atoms with Crippen molar-refractivity contribution in [2.24, 2.45) is 0 Å². The van der Waals surface area contributed by atoms with Crippen LogP contribution in [0.4, 0.5) is 5.69 Å². The van der Waals surface area contributed by atoms with E-state index in [4.69, 9.17) is 14.6 Å². The number of thioether (sulfide) groups is 1. The number of ether oxygens (including phenoxy) is 2. The van der Waals surface area contributed by atoms with Crippen molar-refractivity contribution in [3.05, 3.63) is 94.8 Å². The smallest absolute Gasteiger partial charge is 0.303 e. The van der Waals surface area contributed by atoms with Gasteiger partial charge in [-0.15, -0.1) is 0 Å². The number of aliphatic hydroxyl groups excluding tert-OH is 1. The summed E-state index contributed by atoms with van der Waals surface area (Å²) in [6.07, 6.45) is 4.52. The molecule has 0 radical (unpaired) electrons. The average Bonchev–Trinajstić information content (AvgIpc) is 2.98. The summed E-state index contributed by atoms with van der Waals surface area (Å²) in [5, 5.41) is 33.7. The van der Waals surface area contributed by atoms with Gasteiger partial charge in [-0.2, -0.15) is 4.73 Å². The van der Waals surface area contributed by atoms with Gasteiger partial charge in [-0.3, -0.25) is 9.59 Å². The third-order valence-electron chi connectivity index (χ3n) is 6.83. The fourth-order valence-electron chi connectivity index (χ4n) is 4.59. The Labute approximate surface area is 244 Å². The third kappa shape index (κ3) is 9.57. The molecule has 10 heteroatoms. The van der Waals surface area contributed by atoms with Crippen molar-refractivity contribution in [1.29, 1.82) is 0 Å². The lowest BCUT2D eigenvalue weighted by molar-refractivity contribution is -0.645. The van der Waals surface area contributed by atoms with Gasteiger partial charge in [-0.1, -0.05) is 61.0 Å². The number of carboxylic acids is 1. The summed E-state index contributed by atoms with van der Waals surface area (Å²) in [6, 6.07) is 20.4. The lowest BCUT2D eigenvalue weighted by atomic mass is 10.0. The zero-order valence-electron chi connectivity index (χ0n) is 22.8. The number of nitrogens with zero attached hydrogens (tertiary/aromatic N) is 1. The van der Waals surface area contributed by atoms with E-state index in [0.717, 1.165) is 34.3 Å². The summed E-state index contributed by atoms with van der Waals surface area (Å²) >= 11 is 1.44. The van der Waals surface area contributed by atoms with E-state index in [1.54, 1.807) is 12.1 Å². The standard InChI is InChI=1S/C31H36N2O7S/c34-20-22-10-12-23(13-11-22)27-19-26(21-41-29-8-5-6-18-33(29)38)39-31(40-27)24-14-16-25(17-15-24)32-28(35)7-3-1-2-4-9-30(36)37/h5-6,8,10-18,26-27,31,34H,1-4,7,9,19-21H2,(H,32,35)(H,36,37)/t26-,27+,31+/m0/s1. The van der Waals surface area contributed by atoms with Gasteiger partial charge in [-0.25, -0.2) is 0 Å². The summed E-state index contributed by atoms with van der Waals surface area (Å²) < 4.78 is 13.6. The van der Waals surface area contributed by atoms with Gasteiger partial charge in [0.1, 0.15) is 0 Å². The van der Waals surface area contributed by atoms with E-state index in [1.165, 1.54) is 18.0 Å². The van der Waals surface area contributed by atoms with Gasteiger partial charge in [0, 0.05) is 48.4 Å². The number of carboxylic acid groups (broad SMARTS) is 1. The highest BCUT2D eigenvalue weighted by Gasteiger charge is 2.32. The largest absolute Gasteiger partial charge is 0.618 e. The Balaban J connectivity index is 1.37. The number of aliphatic carboxylic acids is 1. The molecule has 1 aliphatic heterocycles. The molecule has 9 nitrogen and oxygen atoms in total. The molecule has 1 aliphatic rings. The third-order valence-corrected chi connectivity index (χ3v) is 7.98. The number of unbranched alkanes of at least 4 members (excludes halogenated alkanes) is 3. The highest BCUT2D eigenvalue weighted by molar-refractivity contribution is 7.99. The Morgan fingerprint density at radius 1 is 0.927 bits per heavy atom. The summed E-state index contributed by atoms with van der Waals surface area (Å²) in [6.45, 7) is -0.0290. The minimum Gasteiger partial charge on any atom is -0.618 e. The molecule has 1 saturated heterocycles. The Kier molecular flexibility index (Phi) is 11.6. The van der Waals surface area contributed by atoms with Gasteiger partial charge < -0.3 is 30.2 Å². The summed E-state index contributed by atoms with van der Waals surface area (Å²) in [4.78, 5) is 22.9. The van der Waals surface area contributed by atoms with Crippen LogP contribution in [-0.2, 0) is 25.7 Å². The van der Waals surface area contributed by atoms with Crippen LogP contribution in [0.25, 0.3) is 0 Å². The predicted octanol–water partition coefficient (Wildman–Crippen LogP) is 5.51. The molecule has 3 N–H and O–H groups in total. The van der Waals surface area contributed by atoms with Crippen molar-refractivity contribution in [2.75, 3.05) is 11.1 Å². The average molecular weight is 581 g/mol. The van der Waals surface area contributed by atoms with E-state index >= 15 is 0 Å². The van der Waals surface area contributed by atoms with Crippen molar-refractivity contribution in [2.45, 2.75) is 75.1 Å². The molecule has 1 aromatic heterocycles. The molecular formula is C31H36N2O7S. The normalized spacial score (nSPS) is 18.6. The molecule has 218 valence electrons. The maximum atomic E-state index is 12.3. The van der Waals surface area contributed by atoms with E-state index in [0.29, 0.717) is 42.1 Å². The molecule has 1 amide bonds. The van der Waals surface area contributed by atoms with Crippen molar-refractivity contribution in [1.82, 2.24) is 0 Å². The first-order valence-electron chi connectivity index (χ1n) is 13.8. The summed E-state index contributed by atoms with van der Waals surface area (Å²) in [5.74, 6) is -0.302. The first-order valence-corrected chi connectivity index (χ1v) is 14.8. The second kappa shape index (κ2) is 15.5. The molecule has 41 heavy (non-hydrogen) atoms. The Morgan fingerprint density at radius 3 is 2.32 bits per heavy atom. The van der Waals surface area contributed by atoms with Crippen molar-refractivity contribution < 1.29 is 34.0 Å². The molecular weight excluding hydrogens is 544 g/mol. The van der Waals surface area contributed by atoms with Crippen LogP contribution in [0, 0.1) is 5.21 Å². The van der Waals surface area contributed by atoms with Crippen LogP contribution in [0.2, 0.25) is 0 Å². The van der Waals surface area contributed by atoms with Crippen LogP contribution >= 0.6 is 11.8 Å². The van der Waals surface area contributed by atoms with E-state index in [1.807, 2.05) is 54.6 Å². The van der Waals surface area contributed by atoms with Gasteiger partial charge in [0.2, 0.25) is 5.91 Å². The molecule has 2 aromatic carbocycles. The molecule has 0 spiro atoms. The second-order valence-corrected chi connectivity index (χ2v) is 11.0. The number of aliphatic hydroxyl groups is 1. The molecule has 0 unspecified atom stereocenters. The molecule has 3 atom stereocenters. The molecule has 0 aliphatic carbocycles. The topological polar surface area (TPSA) is 132 Å². The zero-order valence-corrected chi connectivity index (χ0v) is 23.6. The first-order chi connectivity index (χ1) is 19.9. The maximum absolute atomic E-state index is 12.3. The Hall–Kier alpha value is -3.44. The number of amides is 1. The van der Waals surface area contributed by atoms with E-state index < -0.39 is 12.3 Å². The van der Waals surface area contributed by atoms with E-state index in [2.05, 4.69) is 5.32 Å². The lowest BCUT2D eigenvalue weighted by Crippen LogP contribution is -2.32. The molecule has 0 saturated carbocycles. The number of hydrogen-bond donors (Lipinski definition) is 3. The van der Waals surface area contributed by atoms with Gasteiger partial charge in [0.05, 0.1) is 18.8 Å². The fourth-order valence-corrected chi connectivity index (χ4v) is 5.52. The number of carbonyl (C=O) groups excluding carboxylic acids is 1. The number of anilines is 1. The first kappa shape index (κ1) is 30.5. The number of aromatic nitrogens is 1. The Bertz CT molecular complexity index is 1270. The number of carbonyl (C=O) groups is 2. The SMILES string of the molecule is O=C(O)CCCCCCC(=O)Nc1ccc([C@@H]2O[C@H](CSc3cccc[n+]3[O-])C[C@H](c3ccc(CO)cc3)O2)cc1. The van der Waals surface area contributed by atoms with Crippen LogP contribution in [0.3, 0.4) is 0 Å². The molecule has 1 fully saturated rings. The summed E-state index contributed by atoms with van der Waals surface area (Å²) in [7, 11) is 0. The number of pyridine rings is 1. The van der Waals surface area contributed by atoms with Crippen LogP contribution in [0.15, 0.2) is 78.0 Å². The number of nitrogens with one attached hydrogen (secondary N) is 1. The zero-order chi connectivity index (χ0) is 29.0. The highest BCUT2D eigenvalue weighted by atomic mass is 32.2. The molecule has 3 aromatic rings. The maximum Gasteiger partial charge on any atom is 0.303 e. The van der Waals surface area contributed by atoms with Crippen LogP contribution < -0.4 is 10.0 Å². The minimum absolute atomic E-state index is 0.0290. The fraction of sp³-hybridized carbons (Fsp3) is 0.387. The van der Waals surface area contributed by atoms with Gasteiger partial charge in [0.15, 0.2) is 12.5 Å².